The van der Waals surface area contributed by atoms with Gasteiger partial charge in [-0.15, -0.1) is 0 Å². The van der Waals surface area contributed by atoms with E-state index in [0.29, 0.717) is 16.8 Å². The highest BCUT2D eigenvalue weighted by Crippen LogP contribution is 2.15. The van der Waals surface area contributed by atoms with Gasteiger partial charge in [-0.25, -0.2) is 0 Å². The second-order valence-electron chi connectivity index (χ2n) is 2.28. The number of rotatable bonds is 0. The second kappa shape index (κ2) is 2.25. The van der Waals surface area contributed by atoms with E-state index in [2.05, 4.69) is 0 Å². The summed E-state index contributed by atoms with van der Waals surface area (Å²) in [6.45, 7) is 1.85. The zero-order chi connectivity index (χ0) is 7.72. The molecule has 1 rings (SSSR count). The van der Waals surface area contributed by atoms with Crippen LogP contribution in [-0.4, -0.2) is 7.85 Å². The summed E-state index contributed by atoms with van der Waals surface area (Å²) < 4.78 is 0. The van der Waals surface area contributed by atoms with Crippen LogP contribution in [0.4, 0.5) is 11.4 Å². The molecule has 0 amide bonds. The average molecular weight is 132 g/mol. The van der Waals surface area contributed by atoms with Crippen LogP contribution in [0, 0.1) is 6.92 Å². The Labute approximate surface area is 61.6 Å². The van der Waals surface area contributed by atoms with Crippen LogP contribution in [0.2, 0.25) is 0 Å². The van der Waals surface area contributed by atoms with E-state index in [1.165, 1.54) is 0 Å². The predicted octanol–water partition coefficient (Wildman–Crippen LogP) is -0.0468. The molecule has 0 heterocycles. The molecule has 0 bridgehead atoms. The van der Waals surface area contributed by atoms with Crippen molar-refractivity contribution >= 4 is 24.7 Å². The number of hydrogen-bond acceptors (Lipinski definition) is 2. The lowest BCUT2D eigenvalue weighted by Crippen LogP contribution is -2.11. The summed E-state index contributed by atoms with van der Waals surface area (Å²) >= 11 is 0. The summed E-state index contributed by atoms with van der Waals surface area (Å²) in [4.78, 5) is 0. The first-order valence-electron chi connectivity index (χ1n) is 3.03. The third-order valence-electron chi connectivity index (χ3n) is 1.59. The maximum absolute atomic E-state index is 5.58. The van der Waals surface area contributed by atoms with Crippen LogP contribution in [-0.2, 0) is 0 Å². The number of hydrogen-bond donors (Lipinski definition) is 2. The van der Waals surface area contributed by atoms with Crippen LogP contribution in [0.15, 0.2) is 12.1 Å². The molecule has 10 heavy (non-hydrogen) atoms. The van der Waals surface area contributed by atoms with E-state index >= 15 is 0 Å². The summed E-state index contributed by atoms with van der Waals surface area (Å²) in [5, 5.41) is 0. The standard InChI is InChI=1S/C7H9BN2/c1-4-5(8)2-3-6(9)7(4)10/h2-3H,9-10H2,1H3. The van der Waals surface area contributed by atoms with Crippen molar-refractivity contribution in [2.75, 3.05) is 11.5 Å². The lowest BCUT2D eigenvalue weighted by Gasteiger charge is -2.06. The summed E-state index contributed by atoms with van der Waals surface area (Å²) in [6, 6.07) is 3.46. The van der Waals surface area contributed by atoms with Crippen molar-refractivity contribution in [2.24, 2.45) is 0 Å². The minimum Gasteiger partial charge on any atom is -0.397 e. The molecule has 4 N–H and O–H groups in total. The summed E-state index contributed by atoms with van der Waals surface area (Å²) in [5.74, 6) is 0. The maximum atomic E-state index is 5.58. The molecule has 0 aromatic heterocycles. The zero-order valence-electron chi connectivity index (χ0n) is 5.89. The molecule has 0 aliphatic carbocycles. The molecule has 1 aromatic rings. The highest BCUT2D eigenvalue weighted by molar-refractivity contribution is 6.34. The van der Waals surface area contributed by atoms with E-state index in [1.54, 1.807) is 12.1 Å². The molecule has 1 aromatic carbocycles. The number of benzene rings is 1. The molecule has 0 saturated carbocycles. The monoisotopic (exact) mass is 132 g/mol. The Kier molecular flexibility index (Phi) is 1.58. The largest absolute Gasteiger partial charge is 0.397 e. The van der Waals surface area contributed by atoms with Gasteiger partial charge in [0.05, 0.1) is 11.4 Å². The predicted molar refractivity (Wildman–Crippen MR) is 45.4 cm³/mol. The SMILES string of the molecule is [B]c1ccc(N)c(N)c1C. The minimum atomic E-state index is 0.583. The Bertz CT molecular complexity index is 231. The van der Waals surface area contributed by atoms with E-state index in [0.717, 1.165) is 5.56 Å². The lowest BCUT2D eigenvalue weighted by atomic mass is 9.90. The highest BCUT2D eigenvalue weighted by Gasteiger charge is 1.98. The summed E-state index contributed by atoms with van der Waals surface area (Å²) in [7, 11) is 5.55. The maximum Gasteiger partial charge on any atom is 0.114 e. The van der Waals surface area contributed by atoms with Crippen LogP contribution in [0.5, 0.6) is 0 Å². The van der Waals surface area contributed by atoms with Crippen molar-refractivity contribution in [3.8, 4) is 0 Å². The highest BCUT2D eigenvalue weighted by atomic mass is 14.7. The van der Waals surface area contributed by atoms with Crippen LogP contribution in [0.25, 0.3) is 0 Å². The smallest absolute Gasteiger partial charge is 0.114 e. The van der Waals surface area contributed by atoms with Gasteiger partial charge < -0.3 is 11.5 Å². The van der Waals surface area contributed by atoms with Gasteiger partial charge in [-0.1, -0.05) is 11.5 Å². The molecular weight excluding hydrogens is 123 g/mol. The van der Waals surface area contributed by atoms with Gasteiger partial charge in [0, 0.05) is 0 Å². The second-order valence-corrected chi connectivity index (χ2v) is 2.28. The Balaban J connectivity index is 3.34. The molecule has 0 atom stereocenters. The fraction of sp³-hybridized carbons (Fsp3) is 0.143. The first-order valence-corrected chi connectivity index (χ1v) is 3.03. The van der Waals surface area contributed by atoms with Crippen molar-refractivity contribution in [3.63, 3.8) is 0 Å². The Hall–Kier alpha value is -1.12. The van der Waals surface area contributed by atoms with Crippen LogP contribution in [0.3, 0.4) is 0 Å². The molecule has 0 unspecified atom stereocenters. The fourth-order valence-electron chi connectivity index (χ4n) is 0.766. The van der Waals surface area contributed by atoms with Gasteiger partial charge in [-0.2, -0.15) is 0 Å². The Morgan fingerprint density at radius 2 is 1.90 bits per heavy atom. The van der Waals surface area contributed by atoms with E-state index in [1.807, 2.05) is 6.92 Å². The summed E-state index contributed by atoms with van der Waals surface area (Å²) in [5.41, 5.74) is 13.8. The first-order chi connectivity index (χ1) is 4.63. The molecule has 2 radical (unpaired) electrons. The molecule has 0 fully saturated rings. The quantitative estimate of drug-likeness (QED) is 0.384. The van der Waals surface area contributed by atoms with Crippen molar-refractivity contribution in [2.45, 2.75) is 6.92 Å². The fourth-order valence-corrected chi connectivity index (χ4v) is 0.766. The van der Waals surface area contributed by atoms with E-state index in [4.69, 9.17) is 19.3 Å². The van der Waals surface area contributed by atoms with Crippen molar-refractivity contribution in [1.82, 2.24) is 0 Å². The van der Waals surface area contributed by atoms with E-state index in [-0.39, 0.29) is 0 Å². The van der Waals surface area contributed by atoms with Gasteiger partial charge in [0.15, 0.2) is 0 Å². The molecule has 0 saturated heterocycles. The molecule has 50 valence electrons. The van der Waals surface area contributed by atoms with Crippen LogP contribution >= 0.6 is 0 Å². The van der Waals surface area contributed by atoms with Gasteiger partial charge in [0.2, 0.25) is 0 Å². The van der Waals surface area contributed by atoms with Crippen molar-refractivity contribution in [3.05, 3.63) is 17.7 Å². The van der Waals surface area contributed by atoms with Gasteiger partial charge in [0.25, 0.3) is 0 Å². The molecule has 0 aliphatic rings. The molecule has 0 aliphatic heterocycles. The van der Waals surface area contributed by atoms with E-state index in [9.17, 15) is 0 Å². The normalized spacial score (nSPS) is 9.70. The number of anilines is 2. The first kappa shape index (κ1) is 7.00. The minimum absolute atomic E-state index is 0.583. The van der Waals surface area contributed by atoms with Gasteiger partial charge in [-0.3, -0.25) is 0 Å². The molecule has 3 heteroatoms. The average Bonchev–Trinajstić information content (AvgIpc) is 1.93. The summed E-state index contributed by atoms with van der Waals surface area (Å²) in [6.07, 6.45) is 0. The third-order valence-corrected chi connectivity index (χ3v) is 1.59. The number of nitrogen functional groups attached to an aromatic ring is 2. The lowest BCUT2D eigenvalue weighted by molar-refractivity contribution is 1.51. The molecular formula is C7H9BN2. The Morgan fingerprint density at radius 1 is 1.30 bits per heavy atom. The Morgan fingerprint density at radius 3 is 2.40 bits per heavy atom. The third kappa shape index (κ3) is 0.945. The van der Waals surface area contributed by atoms with Crippen LogP contribution in [0.1, 0.15) is 5.56 Å². The number of nitrogens with two attached hydrogens (primary N) is 2. The molecule has 2 nitrogen and oxygen atoms in total. The van der Waals surface area contributed by atoms with Crippen molar-refractivity contribution < 1.29 is 0 Å². The van der Waals surface area contributed by atoms with Crippen molar-refractivity contribution in [1.29, 1.82) is 0 Å². The molecule has 0 spiro atoms. The van der Waals surface area contributed by atoms with Gasteiger partial charge >= 0.3 is 0 Å². The van der Waals surface area contributed by atoms with Gasteiger partial charge in [0.1, 0.15) is 7.85 Å². The van der Waals surface area contributed by atoms with Crippen LogP contribution < -0.4 is 16.9 Å². The zero-order valence-corrected chi connectivity index (χ0v) is 5.89. The topological polar surface area (TPSA) is 52.0 Å². The van der Waals surface area contributed by atoms with E-state index < -0.39 is 0 Å². The van der Waals surface area contributed by atoms with Gasteiger partial charge in [-0.05, 0) is 18.6 Å².